The van der Waals surface area contributed by atoms with Crippen LogP contribution in [-0.4, -0.2) is 29.1 Å². The smallest absolute Gasteiger partial charge is 0.329 e. The van der Waals surface area contributed by atoms with Crippen LogP contribution in [0.25, 0.3) is 10.9 Å². The minimum atomic E-state index is -0.739. The van der Waals surface area contributed by atoms with Gasteiger partial charge in [0.15, 0.2) is 0 Å². The molecule has 0 radical (unpaired) electrons. The van der Waals surface area contributed by atoms with Crippen LogP contribution >= 0.6 is 0 Å². The number of hydrogen-bond donors (Lipinski definition) is 3. The number of aromatic amines is 1. The summed E-state index contributed by atoms with van der Waals surface area (Å²) in [5.41, 5.74) is 5.42. The molecule has 1 heterocycles. The first-order chi connectivity index (χ1) is 10.7. The molecule has 22 heavy (non-hydrogen) atoms. The fraction of sp³-hybridized carbons (Fsp3) is 0.312. The zero-order valence-electron chi connectivity index (χ0n) is 12.3. The molecule has 1 aromatic heterocycles. The molecule has 1 fully saturated rings. The van der Waals surface area contributed by atoms with E-state index < -0.39 is 11.8 Å². The number of aryl methyl sites for hydroxylation is 1. The Balaban J connectivity index is 1.67. The molecule has 0 spiro atoms. The molecule has 0 aliphatic heterocycles. The maximum atomic E-state index is 11.6. The van der Waals surface area contributed by atoms with E-state index >= 15 is 0 Å². The molecular formula is C16H18N4O2. The lowest BCUT2D eigenvalue weighted by Crippen LogP contribution is -2.38. The standard InChI is InChI=1S/C16H18N4O2/c1-2-10-4-3-5-13-11(8-17-14(10)13)9-18-20-16(22)15(21)19-12-6-7-12/h3-5,8-9,12,17H,2,6-7H2,1H3,(H,19,21)(H,20,22)/b18-9+. The lowest BCUT2D eigenvalue weighted by Gasteiger charge is -2.00. The summed E-state index contributed by atoms with van der Waals surface area (Å²) in [7, 11) is 0. The topological polar surface area (TPSA) is 86.3 Å². The Morgan fingerprint density at radius 2 is 2.18 bits per heavy atom. The fourth-order valence-electron chi connectivity index (χ4n) is 2.33. The second kappa shape index (κ2) is 6.01. The minimum absolute atomic E-state index is 0.156. The Hall–Kier alpha value is -2.63. The van der Waals surface area contributed by atoms with E-state index in [9.17, 15) is 9.59 Å². The van der Waals surface area contributed by atoms with E-state index in [4.69, 9.17) is 0 Å². The van der Waals surface area contributed by atoms with Crippen LogP contribution in [0.15, 0.2) is 29.5 Å². The Bertz CT molecular complexity index is 744. The van der Waals surface area contributed by atoms with Crippen molar-refractivity contribution in [2.45, 2.75) is 32.2 Å². The van der Waals surface area contributed by atoms with Crippen molar-refractivity contribution < 1.29 is 9.59 Å². The molecule has 0 saturated heterocycles. The first-order valence-corrected chi connectivity index (χ1v) is 7.42. The number of fused-ring (bicyclic) bond motifs is 1. The van der Waals surface area contributed by atoms with Crippen LogP contribution in [0.2, 0.25) is 0 Å². The molecule has 2 aromatic rings. The van der Waals surface area contributed by atoms with Crippen molar-refractivity contribution in [3.05, 3.63) is 35.5 Å². The first-order valence-electron chi connectivity index (χ1n) is 7.42. The largest absolute Gasteiger partial charge is 0.360 e. The van der Waals surface area contributed by atoms with Gasteiger partial charge in [-0.1, -0.05) is 25.1 Å². The number of nitrogens with one attached hydrogen (secondary N) is 3. The molecule has 0 bridgehead atoms. The molecular weight excluding hydrogens is 280 g/mol. The van der Waals surface area contributed by atoms with Gasteiger partial charge in [0.2, 0.25) is 0 Å². The highest BCUT2D eigenvalue weighted by Crippen LogP contribution is 2.21. The Morgan fingerprint density at radius 3 is 2.91 bits per heavy atom. The van der Waals surface area contributed by atoms with Gasteiger partial charge in [-0.3, -0.25) is 9.59 Å². The second-order valence-electron chi connectivity index (χ2n) is 5.38. The number of rotatable bonds is 4. The molecule has 1 aliphatic carbocycles. The Morgan fingerprint density at radius 1 is 1.36 bits per heavy atom. The molecule has 0 atom stereocenters. The summed E-state index contributed by atoms with van der Waals surface area (Å²) in [6.07, 6.45) is 6.20. The molecule has 0 unspecified atom stereocenters. The number of aromatic nitrogens is 1. The van der Waals surface area contributed by atoms with Crippen LogP contribution in [0, 0.1) is 0 Å². The molecule has 6 nitrogen and oxygen atoms in total. The van der Waals surface area contributed by atoms with Crippen LogP contribution in [0.1, 0.15) is 30.9 Å². The molecule has 114 valence electrons. The van der Waals surface area contributed by atoms with E-state index in [1.54, 1.807) is 6.21 Å². The van der Waals surface area contributed by atoms with Gasteiger partial charge in [0.05, 0.1) is 6.21 Å². The summed E-state index contributed by atoms with van der Waals surface area (Å²) in [5.74, 6) is -1.37. The van der Waals surface area contributed by atoms with Gasteiger partial charge in [0, 0.05) is 28.7 Å². The van der Waals surface area contributed by atoms with Gasteiger partial charge in [-0.2, -0.15) is 5.10 Å². The van der Waals surface area contributed by atoms with Crippen molar-refractivity contribution in [1.82, 2.24) is 15.7 Å². The van der Waals surface area contributed by atoms with Crippen LogP contribution in [0.3, 0.4) is 0 Å². The monoisotopic (exact) mass is 298 g/mol. The van der Waals surface area contributed by atoms with Gasteiger partial charge in [-0.15, -0.1) is 0 Å². The highest BCUT2D eigenvalue weighted by Gasteiger charge is 2.26. The van der Waals surface area contributed by atoms with E-state index in [-0.39, 0.29) is 6.04 Å². The molecule has 1 aromatic carbocycles. The second-order valence-corrected chi connectivity index (χ2v) is 5.38. The highest BCUT2D eigenvalue weighted by atomic mass is 16.2. The number of benzene rings is 1. The van der Waals surface area contributed by atoms with Crippen molar-refractivity contribution in [3.8, 4) is 0 Å². The molecule has 1 aliphatic rings. The highest BCUT2D eigenvalue weighted by molar-refractivity contribution is 6.35. The number of hydrogen-bond acceptors (Lipinski definition) is 3. The number of nitrogens with zero attached hydrogens (tertiary/aromatic N) is 1. The molecule has 3 rings (SSSR count). The summed E-state index contributed by atoms with van der Waals surface area (Å²) in [6.45, 7) is 2.10. The third kappa shape index (κ3) is 3.00. The number of para-hydroxylation sites is 1. The van der Waals surface area contributed by atoms with Gasteiger partial charge in [-0.25, -0.2) is 5.43 Å². The third-order valence-electron chi connectivity index (χ3n) is 3.70. The first kappa shape index (κ1) is 14.3. The number of amides is 2. The molecule has 2 amide bonds. The van der Waals surface area contributed by atoms with E-state index in [0.29, 0.717) is 0 Å². The number of carbonyl (C=O) groups is 2. The van der Waals surface area contributed by atoms with Gasteiger partial charge >= 0.3 is 11.8 Å². The fourth-order valence-corrected chi connectivity index (χ4v) is 2.33. The van der Waals surface area contributed by atoms with Crippen LogP contribution in [0.5, 0.6) is 0 Å². The molecule has 3 N–H and O–H groups in total. The number of carbonyl (C=O) groups excluding carboxylic acids is 2. The lowest BCUT2D eigenvalue weighted by atomic mass is 10.1. The maximum absolute atomic E-state index is 11.6. The number of H-pyrrole nitrogens is 1. The quantitative estimate of drug-likeness (QED) is 0.453. The van der Waals surface area contributed by atoms with Gasteiger partial charge in [0.1, 0.15) is 0 Å². The predicted octanol–water partition coefficient (Wildman–Crippen LogP) is 1.46. The normalized spacial score (nSPS) is 14.4. The predicted molar refractivity (Wildman–Crippen MR) is 84.6 cm³/mol. The summed E-state index contributed by atoms with van der Waals surface area (Å²) in [4.78, 5) is 26.3. The van der Waals surface area contributed by atoms with Crippen molar-refractivity contribution in [2.24, 2.45) is 5.10 Å². The summed E-state index contributed by atoms with van der Waals surface area (Å²) >= 11 is 0. The van der Waals surface area contributed by atoms with Crippen molar-refractivity contribution in [2.75, 3.05) is 0 Å². The van der Waals surface area contributed by atoms with E-state index in [1.165, 1.54) is 5.56 Å². The van der Waals surface area contributed by atoms with Gasteiger partial charge in [-0.05, 0) is 24.8 Å². The molecule has 6 heteroatoms. The SMILES string of the molecule is CCc1cccc2c(/C=N/NC(=O)C(=O)NC3CC3)c[nH]c12. The minimum Gasteiger partial charge on any atom is -0.360 e. The van der Waals surface area contributed by atoms with Crippen molar-refractivity contribution in [3.63, 3.8) is 0 Å². The van der Waals surface area contributed by atoms with Crippen molar-refractivity contribution >= 4 is 28.9 Å². The Labute approximate surface area is 128 Å². The van der Waals surface area contributed by atoms with Crippen molar-refractivity contribution in [1.29, 1.82) is 0 Å². The van der Waals surface area contributed by atoms with Crippen LogP contribution in [-0.2, 0) is 16.0 Å². The average molecular weight is 298 g/mol. The van der Waals surface area contributed by atoms with E-state index in [2.05, 4.69) is 33.8 Å². The summed E-state index contributed by atoms with van der Waals surface area (Å²) in [6, 6.07) is 6.22. The Kier molecular flexibility index (Phi) is 3.91. The summed E-state index contributed by atoms with van der Waals surface area (Å²) < 4.78 is 0. The zero-order valence-corrected chi connectivity index (χ0v) is 12.3. The average Bonchev–Trinajstić information content (AvgIpc) is 3.25. The third-order valence-corrected chi connectivity index (χ3v) is 3.70. The van der Waals surface area contributed by atoms with E-state index in [0.717, 1.165) is 35.7 Å². The van der Waals surface area contributed by atoms with Gasteiger partial charge < -0.3 is 10.3 Å². The summed E-state index contributed by atoms with van der Waals surface area (Å²) in [5, 5.41) is 7.52. The van der Waals surface area contributed by atoms with E-state index in [1.807, 2.05) is 18.3 Å². The maximum Gasteiger partial charge on any atom is 0.329 e. The van der Waals surface area contributed by atoms with Gasteiger partial charge in [0.25, 0.3) is 0 Å². The van der Waals surface area contributed by atoms with Crippen LogP contribution < -0.4 is 10.7 Å². The lowest BCUT2D eigenvalue weighted by molar-refractivity contribution is -0.139. The number of hydrazone groups is 1. The molecule has 1 saturated carbocycles. The zero-order chi connectivity index (χ0) is 15.5. The van der Waals surface area contributed by atoms with Crippen LogP contribution in [0.4, 0.5) is 0 Å².